The molecule has 0 amide bonds. The van der Waals surface area contributed by atoms with E-state index in [1.165, 1.54) is 0 Å². The van der Waals surface area contributed by atoms with Crippen LogP contribution in [0, 0.1) is 0 Å². The average Bonchev–Trinajstić information content (AvgIpc) is 1.81. The molecule has 3 heteroatoms. The summed E-state index contributed by atoms with van der Waals surface area (Å²) in [6.07, 6.45) is 0. The van der Waals surface area contributed by atoms with Crippen LogP contribution >= 0.6 is 0 Å². The maximum absolute atomic E-state index is 4.44. The van der Waals surface area contributed by atoms with E-state index in [2.05, 4.69) is 18.8 Å². The van der Waals surface area contributed by atoms with Gasteiger partial charge in [-0.25, -0.2) is 0 Å². The van der Waals surface area contributed by atoms with E-state index in [1.807, 2.05) is 38.0 Å². The van der Waals surface area contributed by atoms with Crippen LogP contribution < -0.4 is 0 Å². The fourth-order valence-corrected chi connectivity index (χ4v) is 0.862. The molecule has 12 heavy (non-hydrogen) atoms. The molecule has 0 N–H and O–H groups in total. The lowest BCUT2D eigenvalue weighted by atomic mass is 10.4. The third-order valence-corrected chi connectivity index (χ3v) is 1.17. The first-order chi connectivity index (χ1) is 4.95. The maximum atomic E-state index is 4.44. The highest BCUT2D eigenvalue weighted by Crippen LogP contribution is 1.93. The third kappa shape index (κ3) is 4.99. The fraction of sp³-hybridized carbons (Fsp3) is 0.889. The molecule has 0 heterocycles. The molecule has 3 nitrogen and oxygen atoms in total. The van der Waals surface area contributed by atoms with Gasteiger partial charge in [-0.15, -0.1) is 0 Å². The molecule has 0 saturated carbocycles. The van der Waals surface area contributed by atoms with Crippen molar-refractivity contribution in [1.29, 1.82) is 0 Å². The predicted molar refractivity (Wildman–Crippen MR) is 56.7 cm³/mol. The summed E-state index contributed by atoms with van der Waals surface area (Å²) in [7, 11) is 8.00. The summed E-state index contributed by atoms with van der Waals surface area (Å²) in [6, 6.07) is 0.356. The van der Waals surface area contributed by atoms with Gasteiger partial charge in [0.2, 0.25) is 0 Å². The molecule has 0 unspecified atom stereocenters. The predicted octanol–water partition coefficient (Wildman–Crippen LogP) is 1.51. The summed E-state index contributed by atoms with van der Waals surface area (Å²) >= 11 is 0. The van der Waals surface area contributed by atoms with Crippen molar-refractivity contribution in [3.8, 4) is 0 Å². The van der Waals surface area contributed by atoms with Gasteiger partial charge in [-0.1, -0.05) is 7.43 Å². The Kier molecular flexibility index (Phi) is 6.76. The molecule has 0 aliphatic rings. The van der Waals surface area contributed by atoms with Gasteiger partial charge in [0.25, 0.3) is 0 Å². The summed E-state index contributed by atoms with van der Waals surface area (Å²) in [4.78, 5) is 8.47. The van der Waals surface area contributed by atoms with Crippen molar-refractivity contribution in [1.82, 2.24) is 9.80 Å². The Balaban J connectivity index is 0. The zero-order valence-corrected chi connectivity index (χ0v) is 8.42. The lowest BCUT2D eigenvalue weighted by Crippen LogP contribution is -2.36. The third-order valence-electron chi connectivity index (χ3n) is 1.17. The molecular weight excluding hydrogens is 150 g/mol. The van der Waals surface area contributed by atoms with Gasteiger partial charge >= 0.3 is 0 Å². The van der Waals surface area contributed by atoms with Crippen LogP contribution in [0.15, 0.2) is 4.99 Å². The second kappa shape index (κ2) is 5.86. The Hall–Kier alpha value is -0.730. The second-order valence-electron chi connectivity index (χ2n) is 3.31. The minimum atomic E-state index is 0. The van der Waals surface area contributed by atoms with Gasteiger partial charge in [-0.05, 0) is 13.8 Å². The summed E-state index contributed by atoms with van der Waals surface area (Å²) in [5, 5.41) is 0. The second-order valence-corrected chi connectivity index (χ2v) is 3.31. The minimum absolute atomic E-state index is 0. The minimum Gasteiger partial charge on any atom is -0.349 e. The highest BCUT2D eigenvalue weighted by molar-refractivity contribution is 5.79. The molecule has 0 atom stereocenters. The number of aliphatic imine (C=N–C) groups is 1. The Morgan fingerprint density at radius 3 is 1.42 bits per heavy atom. The zero-order chi connectivity index (χ0) is 9.02. The number of rotatable bonds is 1. The zero-order valence-electron chi connectivity index (χ0n) is 8.42. The van der Waals surface area contributed by atoms with Gasteiger partial charge in [-0.3, -0.25) is 4.99 Å². The highest BCUT2D eigenvalue weighted by Gasteiger charge is 2.03. The van der Waals surface area contributed by atoms with Crippen LogP contribution in [0.3, 0.4) is 0 Å². The van der Waals surface area contributed by atoms with E-state index < -0.39 is 0 Å². The number of nitrogens with zero attached hydrogens (tertiary/aromatic N) is 3. The summed E-state index contributed by atoms with van der Waals surface area (Å²) in [6.45, 7) is 4.15. The van der Waals surface area contributed by atoms with E-state index in [-0.39, 0.29) is 7.43 Å². The van der Waals surface area contributed by atoms with Gasteiger partial charge < -0.3 is 9.80 Å². The molecule has 0 saturated heterocycles. The van der Waals surface area contributed by atoms with Crippen molar-refractivity contribution < 1.29 is 0 Å². The van der Waals surface area contributed by atoms with Crippen LogP contribution in [-0.4, -0.2) is 50.0 Å². The van der Waals surface area contributed by atoms with E-state index in [0.717, 1.165) is 5.96 Å². The first-order valence-corrected chi connectivity index (χ1v) is 3.87. The van der Waals surface area contributed by atoms with E-state index in [9.17, 15) is 0 Å². The molecule has 0 aromatic rings. The van der Waals surface area contributed by atoms with Gasteiger partial charge in [0.15, 0.2) is 5.96 Å². The monoisotopic (exact) mass is 173 g/mol. The topological polar surface area (TPSA) is 18.8 Å². The summed E-state index contributed by atoms with van der Waals surface area (Å²) in [5.41, 5.74) is 0. The first-order valence-electron chi connectivity index (χ1n) is 3.87. The molecule has 0 fully saturated rings. The normalized spacial score (nSPS) is 8.92. The van der Waals surface area contributed by atoms with Crippen molar-refractivity contribution in [2.24, 2.45) is 4.99 Å². The fourth-order valence-electron chi connectivity index (χ4n) is 0.862. The Morgan fingerprint density at radius 1 is 1.00 bits per heavy atom. The molecule has 0 aromatic heterocycles. The summed E-state index contributed by atoms with van der Waals surface area (Å²) < 4.78 is 0. The van der Waals surface area contributed by atoms with E-state index in [1.54, 1.807) is 0 Å². The van der Waals surface area contributed by atoms with Crippen LogP contribution in [0.5, 0.6) is 0 Å². The number of hydrogen-bond acceptors (Lipinski definition) is 1. The van der Waals surface area contributed by atoms with E-state index >= 15 is 0 Å². The van der Waals surface area contributed by atoms with Gasteiger partial charge in [0.1, 0.15) is 0 Å². The molecular formula is C9H23N3. The molecule has 0 aliphatic heterocycles. The van der Waals surface area contributed by atoms with Crippen LogP contribution in [0.25, 0.3) is 0 Å². The molecule has 0 bridgehead atoms. The Labute approximate surface area is 77.1 Å². The van der Waals surface area contributed by atoms with Gasteiger partial charge in [0.05, 0.1) is 0 Å². The molecule has 0 aliphatic carbocycles. The maximum Gasteiger partial charge on any atom is 0.195 e. The van der Waals surface area contributed by atoms with Gasteiger partial charge in [0, 0.05) is 34.2 Å². The van der Waals surface area contributed by atoms with Crippen LogP contribution in [0.1, 0.15) is 21.3 Å². The lowest BCUT2D eigenvalue weighted by Gasteiger charge is -2.23. The molecule has 0 rings (SSSR count). The van der Waals surface area contributed by atoms with Crippen molar-refractivity contribution in [3.05, 3.63) is 0 Å². The quantitative estimate of drug-likeness (QED) is 0.442. The lowest BCUT2D eigenvalue weighted by molar-refractivity contribution is 0.475. The average molecular weight is 173 g/mol. The van der Waals surface area contributed by atoms with Crippen molar-refractivity contribution in [3.63, 3.8) is 0 Å². The largest absolute Gasteiger partial charge is 0.349 e. The van der Waals surface area contributed by atoms with Crippen LogP contribution in [0.4, 0.5) is 0 Å². The SMILES string of the molecule is C.CC(C)N=C(N(C)C)N(C)C. The van der Waals surface area contributed by atoms with Crippen molar-refractivity contribution >= 4 is 5.96 Å². The molecule has 74 valence electrons. The Bertz CT molecular complexity index is 127. The first kappa shape index (κ1) is 13.8. The number of hydrogen-bond donors (Lipinski definition) is 0. The van der Waals surface area contributed by atoms with Gasteiger partial charge in [-0.2, -0.15) is 0 Å². The summed E-state index contributed by atoms with van der Waals surface area (Å²) in [5.74, 6) is 1.01. The molecule has 0 radical (unpaired) electrons. The highest BCUT2D eigenvalue weighted by atomic mass is 15.3. The van der Waals surface area contributed by atoms with E-state index in [4.69, 9.17) is 0 Å². The van der Waals surface area contributed by atoms with Crippen LogP contribution in [0.2, 0.25) is 0 Å². The van der Waals surface area contributed by atoms with E-state index in [0.29, 0.717) is 6.04 Å². The number of guanidine groups is 1. The molecule has 0 spiro atoms. The standard InChI is InChI=1S/C8H19N3.CH4/c1-7(2)9-8(10(3)4)11(5)6;/h7H,1-6H3;1H4. The smallest absolute Gasteiger partial charge is 0.195 e. The molecule has 0 aromatic carbocycles. The van der Waals surface area contributed by atoms with Crippen molar-refractivity contribution in [2.75, 3.05) is 28.2 Å². The van der Waals surface area contributed by atoms with Crippen molar-refractivity contribution in [2.45, 2.75) is 27.3 Å². The van der Waals surface area contributed by atoms with Crippen LogP contribution in [-0.2, 0) is 0 Å². The Morgan fingerprint density at radius 2 is 1.33 bits per heavy atom.